The molecule has 2 saturated heterocycles. The molecule has 3 aromatic carbocycles. The number of hydrogen-bond acceptors (Lipinski definition) is 9. The van der Waals surface area contributed by atoms with Gasteiger partial charge in [0.05, 0.1) is 24.3 Å². The molecule has 0 radical (unpaired) electrons. The molecule has 11 nitrogen and oxygen atoms in total. The molecular formula is C35H29ClF2N6O5S. The van der Waals surface area contributed by atoms with Crippen molar-refractivity contribution in [3.05, 3.63) is 116 Å². The molecule has 2 atom stereocenters. The van der Waals surface area contributed by atoms with Gasteiger partial charge in [0.25, 0.3) is 0 Å². The number of ether oxygens (including phenoxy) is 1. The number of amides is 2. The van der Waals surface area contributed by atoms with E-state index in [1.54, 1.807) is 41.4 Å². The highest BCUT2D eigenvalue weighted by molar-refractivity contribution is 7.11. The highest BCUT2D eigenvalue weighted by atomic mass is 35.5. The fraction of sp³-hybridized carbons (Fsp3) is 0.229. The minimum atomic E-state index is -1.34. The number of amidine groups is 1. The maximum Gasteiger partial charge on any atom is 0.338 e. The van der Waals surface area contributed by atoms with Crippen molar-refractivity contribution in [3.8, 4) is 11.1 Å². The van der Waals surface area contributed by atoms with Crippen molar-refractivity contribution < 1.29 is 33.0 Å². The number of urea groups is 1. The first kappa shape index (κ1) is 33.3. The maximum absolute atomic E-state index is 14.3. The van der Waals surface area contributed by atoms with Gasteiger partial charge in [0, 0.05) is 66.3 Å². The van der Waals surface area contributed by atoms with Crippen LogP contribution in [0.1, 0.15) is 27.0 Å². The molecule has 4 heterocycles. The topological polar surface area (TPSA) is 128 Å². The molecular weight excluding hydrogens is 690 g/mol. The smallest absolute Gasteiger partial charge is 0.338 e. The number of carboxylic acids is 1. The normalized spacial score (nSPS) is 19.3. The Morgan fingerprint density at radius 1 is 1.06 bits per heavy atom. The number of nitrogens with zero attached hydrogens (tertiary/aromatic N) is 5. The maximum atomic E-state index is 14.3. The van der Waals surface area contributed by atoms with E-state index in [9.17, 15) is 23.2 Å². The van der Waals surface area contributed by atoms with Crippen LogP contribution in [0, 0.1) is 11.6 Å². The molecule has 0 spiro atoms. The Labute approximate surface area is 294 Å². The lowest BCUT2D eigenvalue weighted by atomic mass is 9.95. The largest absolute Gasteiger partial charge is 0.478 e. The fourth-order valence-electron chi connectivity index (χ4n) is 6.52. The predicted molar refractivity (Wildman–Crippen MR) is 183 cm³/mol. The second-order valence-corrected chi connectivity index (χ2v) is 13.2. The average molecular weight is 719 g/mol. The van der Waals surface area contributed by atoms with Gasteiger partial charge in [-0.25, -0.2) is 28.1 Å². The third-order valence-corrected chi connectivity index (χ3v) is 10.1. The number of halogens is 3. The van der Waals surface area contributed by atoms with E-state index in [4.69, 9.17) is 26.4 Å². The zero-order valence-electron chi connectivity index (χ0n) is 26.5. The molecule has 0 aliphatic carbocycles. The quantitative estimate of drug-likeness (QED) is 0.226. The summed E-state index contributed by atoms with van der Waals surface area (Å²) in [7, 11) is 1.29. The van der Waals surface area contributed by atoms with Crippen LogP contribution in [0.25, 0.3) is 11.1 Å². The zero-order valence-corrected chi connectivity index (χ0v) is 28.0. The number of anilines is 1. The Morgan fingerprint density at radius 2 is 1.84 bits per heavy atom. The number of hydrogen-bond donors (Lipinski definition) is 2. The van der Waals surface area contributed by atoms with Gasteiger partial charge in [0.15, 0.2) is 10.8 Å². The summed E-state index contributed by atoms with van der Waals surface area (Å²) >= 11 is 7.86. The minimum absolute atomic E-state index is 0.120. The molecule has 4 aromatic rings. The van der Waals surface area contributed by atoms with Crippen molar-refractivity contribution in [2.45, 2.75) is 12.1 Å². The Bertz CT molecular complexity index is 2060. The number of carboxylic acid groups (broad SMARTS) is 1. The third-order valence-electron chi connectivity index (χ3n) is 8.95. The van der Waals surface area contributed by atoms with E-state index in [-0.39, 0.29) is 22.7 Å². The molecule has 0 unspecified atom stereocenters. The number of nitrogens with one attached hydrogen (secondary N) is 1. The van der Waals surface area contributed by atoms with Crippen LogP contribution in [0.5, 0.6) is 0 Å². The van der Waals surface area contributed by atoms with Gasteiger partial charge in [0.1, 0.15) is 17.7 Å². The number of aromatic nitrogens is 1. The highest BCUT2D eigenvalue weighted by Gasteiger charge is 2.42. The first-order chi connectivity index (χ1) is 24.1. The van der Waals surface area contributed by atoms with Gasteiger partial charge in [-0.2, -0.15) is 0 Å². The minimum Gasteiger partial charge on any atom is -0.478 e. The van der Waals surface area contributed by atoms with Gasteiger partial charge in [-0.3, -0.25) is 14.8 Å². The summed E-state index contributed by atoms with van der Waals surface area (Å²) < 4.78 is 33.5. The van der Waals surface area contributed by atoms with E-state index in [1.165, 1.54) is 48.8 Å². The van der Waals surface area contributed by atoms with Crippen LogP contribution in [0.15, 0.2) is 88.5 Å². The van der Waals surface area contributed by atoms with Crippen LogP contribution in [-0.4, -0.2) is 89.6 Å². The molecule has 3 aliphatic rings. The van der Waals surface area contributed by atoms with Crippen LogP contribution in [0.4, 0.5) is 19.3 Å². The highest BCUT2D eigenvalue weighted by Crippen LogP contribution is 2.37. The van der Waals surface area contributed by atoms with E-state index in [2.05, 4.69) is 15.2 Å². The van der Waals surface area contributed by atoms with E-state index in [0.717, 1.165) is 0 Å². The second-order valence-electron chi connectivity index (χ2n) is 11.9. The number of carbonyl (C=O) groups is 3. The molecule has 3 aliphatic heterocycles. The average Bonchev–Trinajstić information content (AvgIpc) is 3.76. The summed E-state index contributed by atoms with van der Waals surface area (Å²) in [6.07, 6.45) is 1.65. The number of fused-ring (bicyclic) bond motifs is 1. The van der Waals surface area contributed by atoms with E-state index in [1.807, 2.05) is 10.3 Å². The van der Waals surface area contributed by atoms with Gasteiger partial charge >= 0.3 is 18.0 Å². The lowest BCUT2D eigenvalue weighted by Gasteiger charge is -2.38. The van der Waals surface area contributed by atoms with Gasteiger partial charge in [-0.1, -0.05) is 35.9 Å². The van der Waals surface area contributed by atoms with E-state index in [0.29, 0.717) is 71.6 Å². The third kappa shape index (κ3) is 6.32. The number of esters is 1. The SMILES string of the molecule is COC(=O)C1=C(CN2CCN3C(=O)N(c4ccc(-c5ccc(C(=O)O)c(F)c5)cc4)C[C@@H]3C2)NC(c2nccs2)=N[C@H]1c1ccc(F)cc1Cl. The van der Waals surface area contributed by atoms with Crippen LogP contribution in [-0.2, 0) is 9.53 Å². The van der Waals surface area contributed by atoms with Crippen molar-refractivity contribution >= 4 is 52.4 Å². The molecule has 2 N–H and O–H groups in total. The molecule has 1 aromatic heterocycles. The summed E-state index contributed by atoms with van der Waals surface area (Å²) in [6.45, 7) is 2.22. The number of aliphatic imine (C=N–C) groups is 1. The molecule has 2 amide bonds. The summed E-state index contributed by atoms with van der Waals surface area (Å²) in [6, 6.07) is 13.8. The molecule has 2 fully saturated rings. The van der Waals surface area contributed by atoms with Crippen LogP contribution in [0.3, 0.4) is 0 Å². The number of benzene rings is 3. The number of rotatable bonds is 8. The van der Waals surface area contributed by atoms with E-state index >= 15 is 0 Å². The van der Waals surface area contributed by atoms with Gasteiger partial charge in [0.2, 0.25) is 0 Å². The summed E-state index contributed by atoms with van der Waals surface area (Å²) in [5, 5.41) is 15.0. The number of carbonyl (C=O) groups excluding carboxylic acids is 2. The van der Waals surface area contributed by atoms with Crippen molar-refractivity contribution in [2.75, 3.05) is 44.7 Å². The summed E-state index contributed by atoms with van der Waals surface area (Å²) in [5.41, 5.74) is 2.69. The van der Waals surface area contributed by atoms with E-state index < -0.39 is 35.2 Å². The van der Waals surface area contributed by atoms with Crippen molar-refractivity contribution in [2.24, 2.45) is 4.99 Å². The van der Waals surface area contributed by atoms with Crippen LogP contribution < -0.4 is 10.2 Å². The molecule has 0 bridgehead atoms. The van der Waals surface area contributed by atoms with Crippen LogP contribution in [0.2, 0.25) is 5.02 Å². The molecule has 0 saturated carbocycles. The zero-order chi connectivity index (χ0) is 35.1. The Balaban J connectivity index is 1.11. The van der Waals surface area contributed by atoms with Crippen LogP contribution >= 0.6 is 22.9 Å². The predicted octanol–water partition coefficient (Wildman–Crippen LogP) is 5.58. The Hall–Kier alpha value is -5.18. The standard InChI is InChI=1S/C35H29ClF2N6O5S/c1-49-34(47)29-28(40-31(32-39-10-13-50-32)41-30(29)24-9-5-21(37)15-26(24)36)18-42-11-12-43-23(16-42)17-44(35(43)48)22-6-2-19(3-7-22)20-4-8-25(33(45)46)27(38)14-20/h2-10,13-15,23,30H,11-12,16-18H2,1H3,(H,40,41)(H,45,46)/t23-,30-/m0/s1. The van der Waals surface area contributed by atoms with Crippen molar-refractivity contribution in [3.63, 3.8) is 0 Å². The first-order valence-electron chi connectivity index (χ1n) is 15.6. The number of aromatic carboxylic acids is 1. The Kier molecular flexibility index (Phi) is 9.07. The van der Waals surface area contributed by atoms with Gasteiger partial charge in [-0.15, -0.1) is 11.3 Å². The lowest BCUT2D eigenvalue weighted by molar-refractivity contribution is -0.136. The monoisotopic (exact) mass is 718 g/mol. The lowest BCUT2D eigenvalue weighted by Crippen LogP contribution is -2.53. The molecule has 50 heavy (non-hydrogen) atoms. The molecule has 256 valence electrons. The van der Waals surface area contributed by atoms with Crippen molar-refractivity contribution in [1.29, 1.82) is 0 Å². The summed E-state index contributed by atoms with van der Waals surface area (Å²) in [4.78, 5) is 52.9. The second kappa shape index (κ2) is 13.6. The fourth-order valence-corrected chi connectivity index (χ4v) is 7.38. The summed E-state index contributed by atoms with van der Waals surface area (Å²) in [5.74, 6) is -2.84. The van der Waals surface area contributed by atoms with Crippen molar-refractivity contribution in [1.82, 2.24) is 20.1 Å². The number of methoxy groups -OCH3 is 1. The number of piperazine rings is 1. The first-order valence-corrected chi connectivity index (χ1v) is 16.8. The molecule has 7 rings (SSSR count). The van der Waals surface area contributed by atoms with Gasteiger partial charge in [-0.05, 0) is 47.5 Å². The Morgan fingerprint density at radius 3 is 2.52 bits per heavy atom. The number of thiazole rings is 1. The molecule has 15 heteroatoms. The van der Waals surface area contributed by atoms with Gasteiger partial charge < -0.3 is 20.1 Å².